The van der Waals surface area contributed by atoms with Crippen molar-refractivity contribution in [1.29, 1.82) is 0 Å². The minimum absolute atomic E-state index is 0.0000677. The molecule has 4 heteroatoms. The number of halogens is 1. The molecule has 1 aromatic carbocycles. The first-order chi connectivity index (χ1) is 9.20. The maximum absolute atomic E-state index is 6.36. The van der Waals surface area contributed by atoms with Crippen LogP contribution < -0.4 is 5.32 Å². The Bertz CT molecular complexity index is 507. The molecule has 1 aromatic heterocycles. The lowest BCUT2D eigenvalue weighted by Gasteiger charge is -2.11. The summed E-state index contributed by atoms with van der Waals surface area (Å²) in [5.41, 5.74) is 3.47. The Hall–Kier alpha value is -1.32. The maximum atomic E-state index is 6.36. The molecular formula is C15H20ClN3. The van der Waals surface area contributed by atoms with Crippen molar-refractivity contribution in [3.05, 3.63) is 53.3 Å². The Balaban J connectivity index is 1.84. The molecule has 3 nitrogen and oxygen atoms in total. The molecular weight excluding hydrogens is 258 g/mol. The van der Waals surface area contributed by atoms with Crippen LogP contribution in [0.4, 0.5) is 0 Å². The second-order valence-corrected chi connectivity index (χ2v) is 5.14. The van der Waals surface area contributed by atoms with Crippen LogP contribution in [0.15, 0.2) is 36.4 Å². The zero-order chi connectivity index (χ0) is 13.7. The number of nitrogens with zero attached hydrogens (tertiary/aromatic N) is 2. The van der Waals surface area contributed by atoms with Gasteiger partial charge >= 0.3 is 0 Å². The molecule has 0 amide bonds. The van der Waals surface area contributed by atoms with Crippen LogP contribution in [0.3, 0.4) is 0 Å². The van der Waals surface area contributed by atoms with Crippen LogP contribution in [0.1, 0.15) is 29.3 Å². The van der Waals surface area contributed by atoms with Gasteiger partial charge in [0.1, 0.15) is 0 Å². The molecule has 1 heterocycles. The van der Waals surface area contributed by atoms with Gasteiger partial charge in [0, 0.05) is 20.1 Å². The van der Waals surface area contributed by atoms with E-state index >= 15 is 0 Å². The van der Waals surface area contributed by atoms with E-state index in [1.807, 2.05) is 29.9 Å². The fraction of sp³-hybridized carbons (Fsp3) is 0.400. The van der Waals surface area contributed by atoms with Gasteiger partial charge in [-0.3, -0.25) is 4.68 Å². The molecule has 0 saturated carbocycles. The highest BCUT2D eigenvalue weighted by molar-refractivity contribution is 6.21. The number of aromatic nitrogens is 2. The van der Waals surface area contributed by atoms with Gasteiger partial charge in [-0.25, -0.2) is 0 Å². The molecule has 0 fully saturated rings. The van der Waals surface area contributed by atoms with Gasteiger partial charge < -0.3 is 5.32 Å². The average molecular weight is 278 g/mol. The minimum Gasteiger partial charge on any atom is -0.309 e. The van der Waals surface area contributed by atoms with E-state index in [9.17, 15) is 0 Å². The molecule has 102 valence electrons. The second-order valence-electron chi connectivity index (χ2n) is 4.61. The van der Waals surface area contributed by atoms with E-state index in [0.29, 0.717) is 0 Å². The Morgan fingerprint density at radius 2 is 2.05 bits per heavy atom. The van der Waals surface area contributed by atoms with Crippen molar-refractivity contribution >= 4 is 11.6 Å². The predicted octanol–water partition coefficient (Wildman–Crippen LogP) is 3.05. The van der Waals surface area contributed by atoms with Crippen LogP contribution in [-0.4, -0.2) is 16.3 Å². The Morgan fingerprint density at radius 1 is 1.32 bits per heavy atom. The van der Waals surface area contributed by atoms with Crippen LogP contribution in [-0.2, 0) is 20.0 Å². The first-order valence-corrected chi connectivity index (χ1v) is 7.06. The molecule has 0 aliphatic carbocycles. The van der Waals surface area contributed by atoms with Crippen LogP contribution >= 0.6 is 11.6 Å². The number of rotatable bonds is 6. The Kier molecular flexibility index (Phi) is 5.00. The molecule has 0 aliphatic rings. The van der Waals surface area contributed by atoms with Gasteiger partial charge in [0.15, 0.2) is 0 Å². The first kappa shape index (κ1) is 14.1. The molecule has 1 atom stereocenters. The van der Waals surface area contributed by atoms with E-state index in [4.69, 9.17) is 11.6 Å². The van der Waals surface area contributed by atoms with Crippen LogP contribution in [0.5, 0.6) is 0 Å². The summed E-state index contributed by atoms with van der Waals surface area (Å²) in [5, 5.41) is 7.81. The molecule has 0 radical (unpaired) electrons. The van der Waals surface area contributed by atoms with Gasteiger partial charge in [0.2, 0.25) is 0 Å². The normalized spacial score (nSPS) is 12.6. The highest BCUT2D eigenvalue weighted by Gasteiger charge is 2.08. The summed E-state index contributed by atoms with van der Waals surface area (Å²) in [6.07, 6.45) is 0.968. The maximum Gasteiger partial charge on any atom is 0.0709 e. The lowest BCUT2D eigenvalue weighted by Crippen LogP contribution is -2.20. The smallest absolute Gasteiger partial charge is 0.0709 e. The topological polar surface area (TPSA) is 29.9 Å². The van der Waals surface area contributed by atoms with Crippen molar-refractivity contribution in [2.45, 2.75) is 25.3 Å². The number of benzene rings is 1. The van der Waals surface area contributed by atoms with Crippen LogP contribution in [0.2, 0.25) is 0 Å². The molecule has 2 rings (SSSR count). The second kappa shape index (κ2) is 6.73. The summed E-state index contributed by atoms with van der Waals surface area (Å²) in [4.78, 5) is 0. The van der Waals surface area contributed by atoms with E-state index in [0.717, 1.165) is 30.8 Å². The minimum atomic E-state index is 0.0000677. The predicted molar refractivity (Wildman–Crippen MR) is 79.3 cm³/mol. The summed E-state index contributed by atoms with van der Waals surface area (Å²) in [7, 11) is 1.98. The third-order valence-corrected chi connectivity index (χ3v) is 3.59. The molecule has 0 aliphatic heterocycles. The van der Waals surface area contributed by atoms with Gasteiger partial charge in [-0.1, -0.05) is 37.3 Å². The van der Waals surface area contributed by atoms with E-state index in [1.165, 1.54) is 5.69 Å². The van der Waals surface area contributed by atoms with Crippen molar-refractivity contribution in [3.8, 4) is 0 Å². The number of hydrogen-bond donors (Lipinski definition) is 1. The summed E-state index contributed by atoms with van der Waals surface area (Å²) in [6, 6.07) is 12.3. The summed E-state index contributed by atoms with van der Waals surface area (Å²) in [5.74, 6) is 0. The lowest BCUT2D eigenvalue weighted by atomic mass is 10.1. The number of hydrogen-bond acceptors (Lipinski definition) is 2. The van der Waals surface area contributed by atoms with Crippen LogP contribution in [0.25, 0.3) is 0 Å². The van der Waals surface area contributed by atoms with Crippen molar-refractivity contribution < 1.29 is 0 Å². The highest BCUT2D eigenvalue weighted by Crippen LogP contribution is 2.18. The zero-order valence-corrected chi connectivity index (χ0v) is 12.2. The highest BCUT2D eigenvalue weighted by atomic mass is 35.5. The largest absolute Gasteiger partial charge is 0.309 e. The SMILES string of the molecule is CCc1cc(CNCC(Cl)c2ccccc2)n(C)n1. The molecule has 1 N–H and O–H groups in total. The molecule has 2 aromatic rings. The third kappa shape index (κ3) is 3.82. The quantitative estimate of drug-likeness (QED) is 0.823. The van der Waals surface area contributed by atoms with Gasteiger partial charge in [-0.2, -0.15) is 5.10 Å². The van der Waals surface area contributed by atoms with Gasteiger partial charge in [0.25, 0.3) is 0 Å². The van der Waals surface area contributed by atoms with E-state index in [-0.39, 0.29) is 5.38 Å². The lowest BCUT2D eigenvalue weighted by molar-refractivity contribution is 0.617. The van der Waals surface area contributed by atoms with Gasteiger partial charge in [0.05, 0.1) is 16.8 Å². The number of nitrogens with one attached hydrogen (secondary N) is 1. The Labute approximate surface area is 119 Å². The Morgan fingerprint density at radius 3 is 2.68 bits per heavy atom. The van der Waals surface area contributed by atoms with E-state index < -0.39 is 0 Å². The average Bonchev–Trinajstić information content (AvgIpc) is 2.80. The number of alkyl halides is 1. The van der Waals surface area contributed by atoms with E-state index in [2.05, 4.69) is 35.5 Å². The molecule has 0 spiro atoms. The molecule has 1 unspecified atom stereocenters. The fourth-order valence-electron chi connectivity index (χ4n) is 2.02. The van der Waals surface area contributed by atoms with Gasteiger partial charge in [-0.15, -0.1) is 11.6 Å². The molecule has 0 saturated heterocycles. The van der Waals surface area contributed by atoms with Crippen molar-refractivity contribution in [2.24, 2.45) is 7.05 Å². The van der Waals surface area contributed by atoms with Crippen molar-refractivity contribution in [1.82, 2.24) is 15.1 Å². The summed E-state index contributed by atoms with van der Waals surface area (Å²) < 4.78 is 1.93. The molecule has 0 bridgehead atoms. The zero-order valence-electron chi connectivity index (χ0n) is 11.4. The van der Waals surface area contributed by atoms with Gasteiger partial charge in [-0.05, 0) is 18.1 Å². The first-order valence-electron chi connectivity index (χ1n) is 6.62. The molecule has 19 heavy (non-hydrogen) atoms. The van der Waals surface area contributed by atoms with Crippen molar-refractivity contribution in [2.75, 3.05) is 6.54 Å². The summed E-state index contributed by atoms with van der Waals surface area (Å²) in [6.45, 7) is 3.65. The summed E-state index contributed by atoms with van der Waals surface area (Å²) >= 11 is 6.36. The monoisotopic (exact) mass is 277 g/mol. The van der Waals surface area contributed by atoms with Crippen LogP contribution in [0, 0.1) is 0 Å². The van der Waals surface area contributed by atoms with Crippen molar-refractivity contribution in [3.63, 3.8) is 0 Å². The fourth-order valence-corrected chi connectivity index (χ4v) is 2.27. The van der Waals surface area contributed by atoms with E-state index in [1.54, 1.807) is 0 Å². The standard InChI is InChI=1S/C15H20ClN3/c1-3-13-9-14(19(2)18-13)10-17-11-15(16)12-7-5-4-6-8-12/h4-9,15,17H,3,10-11H2,1-2H3. The third-order valence-electron chi connectivity index (χ3n) is 3.18. The number of aryl methyl sites for hydroxylation is 2.